The summed E-state index contributed by atoms with van der Waals surface area (Å²) in [7, 11) is 3.49. The highest BCUT2D eigenvalue weighted by atomic mass is 16.5. The quantitative estimate of drug-likeness (QED) is 0.374. The fourth-order valence-electron chi connectivity index (χ4n) is 3.75. The molecular weight excluding hydrogens is 370 g/mol. The van der Waals surface area contributed by atoms with E-state index in [2.05, 4.69) is 34.7 Å². The van der Waals surface area contributed by atoms with Crippen LogP contribution in [-0.2, 0) is 22.4 Å². The van der Waals surface area contributed by atoms with Gasteiger partial charge in [0.25, 0.3) is 0 Å². The molecule has 2 aliphatic heterocycles. The minimum absolute atomic E-state index is 0.223. The Balaban J connectivity index is 1.36. The molecule has 0 bridgehead atoms. The summed E-state index contributed by atoms with van der Waals surface area (Å²) in [6, 6.07) is 4.16. The summed E-state index contributed by atoms with van der Waals surface area (Å²) < 4.78 is 22.6. The average molecular weight is 406 g/mol. The lowest BCUT2D eigenvalue weighted by molar-refractivity contribution is 0.0203. The largest absolute Gasteiger partial charge is 0.496 e. The van der Waals surface area contributed by atoms with Crippen molar-refractivity contribution in [3.63, 3.8) is 0 Å². The van der Waals surface area contributed by atoms with Gasteiger partial charge >= 0.3 is 0 Å². The highest BCUT2D eigenvalue weighted by molar-refractivity contribution is 5.79. The van der Waals surface area contributed by atoms with Crippen LogP contribution in [0.5, 0.6) is 11.5 Å². The van der Waals surface area contributed by atoms with Crippen LogP contribution >= 0.6 is 0 Å². The molecule has 1 aromatic carbocycles. The number of hydrogen-bond donors (Lipinski definition) is 2. The Bertz CT molecular complexity index is 674. The van der Waals surface area contributed by atoms with Crippen molar-refractivity contribution in [1.82, 2.24) is 10.6 Å². The molecule has 7 nitrogen and oxygen atoms in total. The Hall–Kier alpha value is -1.99. The molecule has 3 rings (SSSR count). The first kappa shape index (κ1) is 21.7. The number of fused-ring (bicyclic) bond motifs is 1. The second-order valence-electron chi connectivity index (χ2n) is 7.74. The molecular formula is C22H35N3O4. The summed E-state index contributed by atoms with van der Waals surface area (Å²) in [5.41, 5.74) is 2.27. The van der Waals surface area contributed by atoms with Gasteiger partial charge in [0.15, 0.2) is 5.96 Å². The van der Waals surface area contributed by atoms with Gasteiger partial charge in [-0.2, -0.15) is 0 Å². The van der Waals surface area contributed by atoms with Crippen molar-refractivity contribution in [1.29, 1.82) is 0 Å². The van der Waals surface area contributed by atoms with Crippen molar-refractivity contribution in [3.8, 4) is 11.5 Å². The van der Waals surface area contributed by atoms with Crippen LogP contribution in [0, 0.1) is 5.92 Å². The van der Waals surface area contributed by atoms with E-state index >= 15 is 0 Å². The van der Waals surface area contributed by atoms with E-state index in [4.69, 9.17) is 18.9 Å². The van der Waals surface area contributed by atoms with Crippen LogP contribution < -0.4 is 20.1 Å². The SMILES string of the molecule is CN=C(NCCCOCC1CCOCC1)NCc1cc2c(cc1OC)CC(C)O2. The molecule has 2 N–H and O–H groups in total. The second-order valence-corrected chi connectivity index (χ2v) is 7.74. The van der Waals surface area contributed by atoms with Crippen molar-refractivity contribution < 1.29 is 18.9 Å². The zero-order valence-corrected chi connectivity index (χ0v) is 18.0. The number of guanidine groups is 1. The van der Waals surface area contributed by atoms with Crippen LogP contribution in [0.1, 0.15) is 37.3 Å². The first-order valence-corrected chi connectivity index (χ1v) is 10.7. The Morgan fingerprint density at radius 2 is 2.07 bits per heavy atom. The summed E-state index contributed by atoms with van der Waals surface area (Å²) in [4.78, 5) is 4.30. The number of aliphatic imine (C=N–C) groups is 1. The van der Waals surface area contributed by atoms with E-state index in [1.165, 1.54) is 5.56 Å². The highest BCUT2D eigenvalue weighted by Gasteiger charge is 2.21. The topological polar surface area (TPSA) is 73.3 Å². The number of nitrogens with one attached hydrogen (secondary N) is 2. The van der Waals surface area contributed by atoms with Gasteiger partial charge in [0.2, 0.25) is 0 Å². The van der Waals surface area contributed by atoms with Gasteiger partial charge in [-0.1, -0.05) is 0 Å². The van der Waals surface area contributed by atoms with Crippen LogP contribution in [0.4, 0.5) is 0 Å². The third-order valence-electron chi connectivity index (χ3n) is 5.42. The number of ether oxygens (including phenoxy) is 4. The minimum Gasteiger partial charge on any atom is -0.496 e. The zero-order valence-electron chi connectivity index (χ0n) is 18.0. The maximum absolute atomic E-state index is 5.88. The molecule has 1 unspecified atom stereocenters. The summed E-state index contributed by atoms with van der Waals surface area (Å²) in [5, 5.41) is 6.70. The van der Waals surface area contributed by atoms with Gasteiger partial charge in [0, 0.05) is 64.1 Å². The maximum Gasteiger partial charge on any atom is 0.191 e. The third-order valence-corrected chi connectivity index (χ3v) is 5.42. The number of hydrogen-bond acceptors (Lipinski definition) is 5. The van der Waals surface area contributed by atoms with E-state index in [0.717, 1.165) is 81.7 Å². The standard InChI is InChI=1S/C22H35N3O4/c1-16-11-18-12-20(26-3)19(13-21(18)29-16)14-25-22(23-2)24-7-4-8-28-15-17-5-9-27-10-6-17/h12-13,16-17H,4-11,14-15H2,1-3H3,(H2,23,24,25). The Kier molecular flexibility index (Phi) is 8.43. The monoisotopic (exact) mass is 405 g/mol. The van der Waals surface area contributed by atoms with Crippen molar-refractivity contribution in [2.24, 2.45) is 10.9 Å². The van der Waals surface area contributed by atoms with Gasteiger partial charge in [-0.15, -0.1) is 0 Å². The fourth-order valence-corrected chi connectivity index (χ4v) is 3.75. The van der Waals surface area contributed by atoms with E-state index in [9.17, 15) is 0 Å². The van der Waals surface area contributed by atoms with E-state index < -0.39 is 0 Å². The molecule has 1 fully saturated rings. The molecule has 0 radical (unpaired) electrons. The zero-order chi connectivity index (χ0) is 20.5. The lowest BCUT2D eigenvalue weighted by Gasteiger charge is -2.21. The van der Waals surface area contributed by atoms with Gasteiger partial charge in [0.1, 0.15) is 17.6 Å². The molecule has 0 aliphatic carbocycles. The average Bonchev–Trinajstić information content (AvgIpc) is 3.11. The molecule has 0 aromatic heterocycles. The molecule has 2 aliphatic rings. The smallest absolute Gasteiger partial charge is 0.191 e. The lowest BCUT2D eigenvalue weighted by atomic mass is 10.0. The van der Waals surface area contributed by atoms with Crippen LogP contribution in [0.25, 0.3) is 0 Å². The molecule has 0 saturated carbocycles. The fraction of sp³-hybridized carbons (Fsp3) is 0.682. The van der Waals surface area contributed by atoms with Crippen LogP contribution in [-0.4, -0.2) is 59.2 Å². The summed E-state index contributed by atoms with van der Waals surface area (Å²) in [5.74, 6) is 3.26. The van der Waals surface area contributed by atoms with Gasteiger partial charge in [0.05, 0.1) is 7.11 Å². The summed E-state index contributed by atoms with van der Waals surface area (Å²) >= 11 is 0. The molecule has 1 atom stereocenters. The Morgan fingerprint density at radius 3 is 2.83 bits per heavy atom. The van der Waals surface area contributed by atoms with Gasteiger partial charge in [-0.3, -0.25) is 4.99 Å². The number of benzene rings is 1. The van der Waals surface area contributed by atoms with Gasteiger partial charge in [-0.25, -0.2) is 0 Å². The molecule has 1 aromatic rings. The maximum atomic E-state index is 5.88. The van der Waals surface area contributed by atoms with Crippen LogP contribution in [0.3, 0.4) is 0 Å². The predicted molar refractivity (Wildman–Crippen MR) is 114 cm³/mol. The number of methoxy groups -OCH3 is 1. The molecule has 2 heterocycles. The van der Waals surface area contributed by atoms with Crippen LogP contribution in [0.15, 0.2) is 17.1 Å². The van der Waals surface area contributed by atoms with E-state index in [-0.39, 0.29) is 6.10 Å². The normalized spacial score (nSPS) is 19.6. The van der Waals surface area contributed by atoms with Crippen molar-refractivity contribution >= 4 is 5.96 Å². The molecule has 0 spiro atoms. The Morgan fingerprint density at radius 1 is 1.24 bits per heavy atom. The number of rotatable bonds is 9. The summed E-state index contributed by atoms with van der Waals surface area (Å²) in [6.07, 6.45) is 4.33. The molecule has 29 heavy (non-hydrogen) atoms. The molecule has 0 amide bonds. The van der Waals surface area contributed by atoms with E-state index in [1.807, 2.05) is 0 Å². The Labute approximate surface area is 174 Å². The van der Waals surface area contributed by atoms with Crippen molar-refractivity contribution in [2.45, 2.75) is 45.3 Å². The van der Waals surface area contributed by atoms with E-state index in [1.54, 1.807) is 14.2 Å². The molecule has 7 heteroatoms. The summed E-state index contributed by atoms with van der Waals surface area (Å²) in [6.45, 7) is 6.87. The van der Waals surface area contributed by atoms with Crippen molar-refractivity contribution in [2.75, 3.05) is 47.1 Å². The predicted octanol–water partition coefficient (Wildman–Crippen LogP) is 2.52. The third kappa shape index (κ3) is 6.51. The van der Waals surface area contributed by atoms with Gasteiger partial charge < -0.3 is 29.6 Å². The lowest BCUT2D eigenvalue weighted by Crippen LogP contribution is -2.37. The second kappa shape index (κ2) is 11.3. The van der Waals surface area contributed by atoms with Crippen LogP contribution in [0.2, 0.25) is 0 Å². The van der Waals surface area contributed by atoms with Gasteiger partial charge in [-0.05, 0) is 44.2 Å². The highest BCUT2D eigenvalue weighted by Crippen LogP contribution is 2.34. The number of nitrogens with zero attached hydrogens (tertiary/aromatic N) is 1. The molecule has 162 valence electrons. The van der Waals surface area contributed by atoms with E-state index in [0.29, 0.717) is 12.5 Å². The molecule has 1 saturated heterocycles. The first-order chi connectivity index (χ1) is 14.2. The minimum atomic E-state index is 0.223. The first-order valence-electron chi connectivity index (χ1n) is 10.7. The van der Waals surface area contributed by atoms with Crippen molar-refractivity contribution in [3.05, 3.63) is 23.3 Å².